The Hall–Kier alpha value is -2.60. The monoisotopic (exact) mass is 591 g/mol. The van der Waals surface area contributed by atoms with Gasteiger partial charge in [0.2, 0.25) is 0 Å². The van der Waals surface area contributed by atoms with E-state index < -0.39 is 0 Å². The molecule has 3 rings (SSSR count). The molecule has 0 saturated heterocycles. The molecule has 0 saturated carbocycles. The summed E-state index contributed by atoms with van der Waals surface area (Å²) in [4.78, 5) is 14.5. The fraction of sp³-hybridized carbons (Fsp3) is 0.333. The Morgan fingerprint density at radius 1 is 1.09 bits per heavy atom. The minimum absolute atomic E-state index is 0.190. The molecular formula is C24H30IN7OS. The number of anilines is 2. The second kappa shape index (κ2) is 13.3. The molecule has 2 aromatic carbocycles. The van der Waals surface area contributed by atoms with Crippen molar-refractivity contribution in [2.75, 3.05) is 29.1 Å². The molecule has 1 amide bonds. The SMILES string of the molecule is CCN(CC)c1ccc(C=NNC(=O)CSc2nnc(CNc3ccc(I)cc3)n2CC)cc1. The van der Waals surface area contributed by atoms with E-state index in [0.717, 1.165) is 36.7 Å². The minimum Gasteiger partial charge on any atom is -0.378 e. The Morgan fingerprint density at radius 2 is 1.79 bits per heavy atom. The summed E-state index contributed by atoms with van der Waals surface area (Å²) < 4.78 is 3.20. The molecule has 10 heteroatoms. The van der Waals surface area contributed by atoms with Gasteiger partial charge in [-0.15, -0.1) is 10.2 Å². The standard InChI is InChI=1S/C24H30IN7OS/c1-4-31(5-2)21-13-7-18(8-14-21)15-27-29-23(33)17-34-24-30-28-22(32(24)6-3)16-26-20-11-9-19(25)10-12-20/h7-15,26H,4-6,16-17H2,1-3H3,(H,29,33). The van der Waals surface area contributed by atoms with Gasteiger partial charge in [0.05, 0.1) is 18.5 Å². The number of nitrogens with zero attached hydrogens (tertiary/aromatic N) is 5. The number of carbonyl (C=O) groups excluding carboxylic acids is 1. The molecule has 180 valence electrons. The van der Waals surface area contributed by atoms with Gasteiger partial charge in [0.1, 0.15) is 0 Å². The van der Waals surface area contributed by atoms with Crippen LogP contribution < -0.4 is 15.6 Å². The van der Waals surface area contributed by atoms with Gasteiger partial charge in [-0.1, -0.05) is 23.9 Å². The van der Waals surface area contributed by atoms with E-state index in [9.17, 15) is 4.79 Å². The first kappa shape index (κ1) is 26.0. The molecule has 0 aliphatic rings. The largest absolute Gasteiger partial charge is 0.378 e. The number of rotatable bonds is 12. The van der Waals surface area contributed by atoms with Crippen molar-refractivity contribution in [1.29, 1.82) is 0 Å². The topological polar surface area (TPSA) is 87.4 Å². The van der Waals surface area contributed by atoms with Crippen molar-refractivity contribution < 1.29 is 4.79 Å². The van der Waals surface area contributed by atoms with Gasteiger partial charge in [-0.3, -0.25) is 4.79 Å². The van der Waals surface area contributed by atoms with E-state index >= 15 is 0 Å². The van der Waals surface area contributed by atoms with Crippen LogP contribution in [0.3, 0.4) is 0 Å². The maximum atomic E-state index is 12.2. The van der Waals surface area contributed by atoms with Crippen LogP contribution in [-0.4, -0.2) is 45.7 Å². The lowest BCUT2D eigenvalue weighted by Gasteiger charge is -2.20. The van der Waals surface area contributed by atoms with Crippen molar-refractivity contribution >= 4 is 57.8 Å². The first-order valence-electron chi connectivity index (χ1n) is 11.2. The number of aromatic nitrogens is 3. The number of amides is 1. The van der Waals surface area contributed by atoms with Crippen molar-refractivity contribution in [3.8, 4) is 0 Å². The summed E-state index contributed by atoms with van der Waals surface area (Å²) in [6, 6.07) is 16.3. The molecule has 8 nitrogen and oxygen atoms in total. The minimum atomic E-state index is -0.190. The summed E-state index contributed by atoms with van der Waals surface area (Å²) in [6.45, 7) is 9.53. The number of hydrogen-bond acceptors (Lipinski definition) is 7. The molecule has 0 radical (unpaired) electrons. The molecule has 2 N–H and O–H groups in total. The number of hydrogen-bond donors (Lipinski definition) is 2. The summed E-state index contributed by atoms with van der Waals surface area (Å²) in [6.07, 6.45) is 1.65. The van der Waals surface area contributed by atoms with Crippen LogP contribution in [0.15, 0.2) is 58.8 Å². The highest BCUT2D eigenvalue weighted by Gasteiger charge is 2.13. The lowest BCUT2D eigenvalue weighted by Crippen LogP contribution is -2.21. The van der Waals surface area contributed by atoms with Crippen LogP contribution in [-0.2, 0) is 17.9 Å². The number of thioether (sulfide) groups is 1. The van der Waals surface area contributed by atoms with Gasteiger partial charge in [0, 0.05) is 34.6 Å². The van der Waals surface area contributed by atoms with Gasteiger partial charge >= 0.3 is 0 Å². The molecule has 0 atom stereocenters. The van der Waals surface area contributed by atoms with E-state index in [1.807, 2.05) is 35.8 Å². The third kappa shape index (κ3) is 7.45. The maximum absolute atomic E-state index is 12.2. The predicted molar refractivity (Wildman–Crippen MR) is 149 cm³/mol. The highest BCUT2D eigenvalue weighted by atomic mass is 127. The van der Waals surface area contributed by atoms with Crippen LogP contribution in [0.4, 0.5) is 11.4 Å². The molecule has 0 bridgehead atoms. The van der Waals surface area contributed by atoms with Crippen LogP contribution in [0.1, 0.15) is 32.2 Å². The van der Waals surface area contributed by atoms with Crippen LogP contribution >= 0.6 is 34.4 Å². The summed E-state index contributed by atoms with van der Waals surface area (Å²) in [5.74, 6) is 0.848. The molecule has 1 heterocycles. The average molecular weight is 592 g/mol. The van der Waals surface area contributed by atoms with Crippen LogP contribution in [0.2, 0.25) is 0 Å². The Labute approximate surface area is 218 Å². The van der Waals surface area contributed by atoms with Gasteiger partial charge in [-0.2, -0.15) is 5.10 Å². The number of hydrazone groups is 1. The number of nitrogens with one attached hydrogen (secondary N) is 2. The quantitative estimate of drug-likeness (QED) is 0.139. The smallest absolute Gasteiger partial charge is 0.250 e. The van der Waals surface area contributed by atoms with E-state index in [2.05, 4.69) is 91.6 Å². The zero-order valence-corrected chi connectivity index (χ0v) is 22.6. The number of halogens is 1. The van der Waals surface area contributed by atoms with Gasteiger partial charge in [-0.25, -0.2) is 5.43 Å². The molecular weight excluding hydrogens is 561 g/mol. The van der Waals surface area contributed by atoms with E-state index in [1.165, 1.54) is 21.0 Å². The summed E-state index contributed by atoms with van der Waals surface area (Å²) >= 11 is 3.63. The van der Waals surface area contributed by atoms with Crippen molar-refractivity contribution in [3.05, 3.63) is 63.5 Å². The van der Waals surface area contributed by atoms with Gasteiger partial charge < -0.3 is 14.8 Å². The molecule has 0 aliphatic carbocycles. The van der Waals surface area contributed by atoms with Crippen LogP contribution in [0, 0.1) is 3.57 Å². The van der Waals surface area contributed by atoms with E-state index in [-0.39, 0.29) is 11.7 Å². The Morgan fingerprint density at radius 3 is 2.44 bits per heavy atom. The highest BCUT2D eigenvalue weighted by Crippen LogP contribution is 2.18. The number of carbonyl (C=O) groups is 1. The van der Waals surface area contributed by atoms with E-state index in [0.29, 0.717) is 11.7 Å². The van der Waals surface area contributed by atoms with E-state index in [1.54, 1.807) is 6.21 Å². The predicted octanol–water partition coefficient (Wildman–Crippen LogP) is 4.60. The van der Waals surface area contributed by atoms with Gasteiger partial charge in [-0.05, 0) is 85.3 Å². The second-order valence-corrected chi connectivity index (χ2v) is 9.54. The normalized spacial score (nSPS) is 11.1. The summed E-state index contributed by atoms with van der Waals surface area (Å²) in [5, 5.41) is 16.7. The molecule has 0 aliphatic heterocycles. The van der Waals surface area contributed by atoms with Crippen molar-refractivity contribution in [2.45, 2.75) is 39.0 Å². The Balaban J connectivity index is 1.48. The lowest BCUT2D eigenvalue weighted by molar-refractivity contribution is -0.118. The molecule has 34 heavy (non-hydrogen) atoms. The lowest BCUT2D eigenvalue weighted by atomic mass is 10.2. The van der Waals surface area contributed by atoms with Gasteiger partial charge in [0.25, 0.3) is 5.91 Å². The Kier molecular flexibility index (Phi) is 10.2. The molecule has 0 spiro atoms. The zero-order valence-electron chi connectivity index (χ0n) is 19.7. The summed E-state index contributed by atoms with van der Waals surface area (Å²) in [5.41, 5.74) is 5.72. The third-order valence-corrected chi connectivity index (χ3v) is 6.85. The van der Waals surface area contributed by atoms with Gasteiger partial charge in [0.15, 0.2) is 11.0 Å². The van der Waals surface area contributed by atoms with Crippen molar-refractivity contribution in [2.24, 2.45) is 5.10 Å². The summed E-state index contributed by atoms with van der Waals surface area (Å²) in [7, 11) is 0. The number of benzene rings is 2. The van der Waals surface area contributed by atoms with Crippen LogP contribution in [0.5, 0.6) is 0 Å². The van der Waals surface area contributed by atoms with Crippen molar-refractivity contribution in [3.63, 3.8) is 0 Å². The van der Waals surface area contributed by atoms with E-state index in [4.69, 9.17) is 0 Å². The zero-order chi connectivity index (χ0) is 24.3. The molecule has 3 aromatic rings. The highest BCUT2D eigenvalue weighted by molar-refractivity contribution is 14.1. The molecule has 1 aromatic heterocycles. The third-order valence-electron chi connectivity index (χ3n) is 5.16. The average Bonchev–Trinajstić information content (AvgIpc) is 3.26. The Bertz CT molecular complexity index is 1080. The first-order chi connectivity index (χ1) is 16.5. The van der Waals surface area contributed by atoms with Crippen molar-refractivity contribution in [1.82, 2.24) is 20.2 Å². The molecule has 0 fully saturated rings. The second-order valence-electron chi connectivity index (χ2n) is 7.35. The molecule has 0 unspecified atom stereocenters. The fourth-order valence-electron chi connectivity index (χ4n) is 3.32. The maximum Gasteiger partial charge on any atom is 0.250 e. The fourth-order valence-corrected chi connectivity index (χ4v) is 4.50. The van der Waals surface area contributed by atoms with Crippen LogP contribution in [0.25, 0.3) is 0 Å². The first-order valence-corrected chi connectivity index (χ1v) is 13.3.